The summed E-state index contributed by atoms with van der Waals surface area (Å²) in [7, 11) is 0. The van der Waals surface area contributed by atoms with E-state index in [4.69, 9.17) is 11.5 Å². The molecule has 0 aliphatic carbocycles. The van der Waals surface area contributed by atoms with Gasteiger partial charge in [-0.05, 0) is 19.1 Å². The Kier molecular flexibility index (Phi) is 2.82. The Labute approximate surface area is 98.7 Å². The van der Waals surface area contributed by atoms with Crippen LogP contribution in [0, 0.1) is 0 Å². The number of carbonyl (C=O) groups is 1. The molecular formula is C12H14N4O. The average Bonchev–Trinajstić information content (AvgIpc) is 2.66. The van der Waals surface area contributed by atoms with Crippen LogP contribution in [0.3, 0.4) is 0 Å². The van der Waals surface area contributed by atoms with E-state index in [1.807, 2.05) is 35.8 Å². The lowest BCUT2D eigenvalue weighted by molar-refractivity contribution is 0.0994. The lowest BCUT2D eigenvalue weighted by Gasteiger charge is -2.04. The summed E-state index contributed by atoms with van der Waals surface area (Å²) >= 11 is 0. The number of nitrogens with zero attached hydrogens (tertiary/aromatic N) is 2. The molecule has 0 unspecified atom stereocenters. The summed E-state index contributed by atoms with van der Waals surface area (Å²) in [6, 6.07) is 9.58. The maximum atomic E-state index is 11.8. The first-order chi connectivity index (χ1) is 8.13. The monoisotopic (exact) mass is 230 g/mol. The van der Waals surface area contributed by atoms with E-state index < -0.39 is 5.91 Å². The molecule has 0 fully saturated rings. The van der Waals surface area contributed by atoms with Gasteiger partial charge in [-0.15, -0.1) is 0 Å². The van der Waals surface area contributed by atoms with Gasteiger partial charge in [-0.2, -0.15) is 4.99 Å². The molecule has 1 aromatic carbocycles. The minimum atomic E-state index is -0.414. The van der Waals surface area contributed by atoms with Gasteiger partial charge in [-0.25, -0.2) is 0 Å². The second-order valence-corrected chi connectivity index (χ2v) is 3.67. The van der Waals surface area contributed by atoms with E-state index in [2.05, 4.69) is 4.99 Å². The van der Waals surface area contributed by atoms with Gasteiger partial charge in [0.25, 0.3) is 5.91 Å². The van der Waals surface area contributed by atoms with Crippen LogP contribution < -0.4 is 11.5 Å². The van der Waals surface area contributed by atoms with E-state index in [0.29, 0.717) is 12.2 Å². The minimum Gasteiger partial charge on any atom is -0.370 e. The molecule has 1 aromatic heterocycles. The van der Waals surface area contributed by atoms with Crippen LogP contribution in [-0.4, -0.2) is 16.4 Å². The highest BCUT2D eigenvalue weighted by molar-refractivity contribution is 6.04. The highest BCUT2D eigenvalue weighted by Gasteiger charge is 2.13. The fraction of sp³-hybridized carbons (Fsp3) is 0.167. The van der Waals surface area contributed by atoms with Crippen molar-refractivity contribution >= 4 is 22.8 Å². The fourth-order valence-corrected chi connectivity index (χ4v) is 1.90. The van der Waals surface area contributed by atoms with Crippen LogP contribution in [0.4, 0.5) is 0 Å². The van der Waals surface area contributed by atoms with Crippen LogP contribution in [-0.2, 0) is 6.54 Å². The minimum absolute atomic E-state index is 0.220. The van der Waals surface area contributed by atoms with Gasteiger partial charge in [0.15, 0.2) is 5.96 Å². The van der Waals surface area contributed by atoms with Crippen LogP contribution >= 0.6 is 0 Å². The maximum Gasteiger partial charge on any atom is 0.296 e. The number of hydrogen-bond donors (Lipinski definition) is 2. The molecule has 5 heteroatoms. The quantitative estimate of drug-likeness (QED) is 0.597. The van der Waals surface area contributed by atoms with Crippen molar-refractivity contribution in [3.63, 3.8) is 0 Å². The Bertz CT molecular complexity index is 594. The Morgan fingerprint density at radius 1 is 1.35 bits per heavy atom. The Hall–Kier alpha value is -2.30. The number of aliphatic imine (C=N–C) groups is 1. The number of fused-ring (bicyclic) bond motifs is 1. The van der Waals surface area contributed by atoms with Crippen molar-refractivity contribution in [2.75, 3.05) is 0 Å². The molecule has 0 saturated carbocycles. The van der Waals surface area contributed by atoms with E-state index in [0.717, 1.165) is 10.9 Å². The van der Waals surface area contributed by atoms with Crippen molar-refractivity contribution < 1.29 is 4.79 Å². The molecule has 17 heavy (non-hydrogen) atoms. The van der Waals surface area contributed by atoms with Crippen LogP contribution in [0.15, 0.2) is 35.3 Å². The molecule has 4 N–H and O–H groups in total. The molecule has 0 atom stereocenters. The summed E-state index contributed by atoms with van der Waals surface area (Å²) in [5.41, 5.74) is 11.9. The molecule has 0 aliphatic heterocycles. The average molecular weight is 230 g/mol. The molecule has 0 spiro atoms. The third-order valence-corrected chi connectivity index (χ3v) is 2.58. The van der Waals surface area contributed by atoms with Crippen molar-refractivity contribution in [1.29, 1.82) is 0 Å². The molecule has 0 bridgehead atoms. The summed E-state index contributed by atoms with van der Waals surface area (Å²) in [4.78, 5) is 15.4. The zero-order chi connectivity index (χ0) is 12.4. The van der Waals surface area contributed by atoms with E-state index in [-0.39, 0.29) is 5.96 Å². The number of para-hydroxylation sites is 1. The Morgan fingerprint density at radius 3 is 2.71 bits per heavy atom. The highest BCUT2D eigenvalue weighted by Crippen LogP contribution is 2.20. The predicted molar refractivity (Wildman–Crippen MR) is 67.8 cm³/mol. The number of aryl methyl sites for hydroxylation is 1. The van der Waals surface area contributed by atoms with Gasteiger partial charge in [0, 0.05) is 17.4 Å². The van der Waals surface area contributed by atoms with Crippen LogP contribution in [0.25, 0.3) is 10.9 Å². The van der Waals surface area contributed by atoms with Crippen LogP contribution in [0.2, 0.25) is 0 Å². The molecule has 1 heterocycles. The van der Waals surface area contributed by atoms with Gasteiger partial charge in [0.05, 0.1) is 0 Å². The van der Waals surface area contributed by atoms with Crippen molar-refractivity contribution in [3.05, 3.63) is 36.0 Å². The Balaban J connectivity index is 2.61. The summed E-state index contributed by atoms with van der Waals surface area (Å²) in [6.07, 6.45) is 0. The second-order valence-electron chi connectivity index (χ2n) is 3.67. The van der Waals surface area contributed by atoms with Gasteiger partial charge >= 0.3 is 0 Å². The van der Waals surface area contributed by atoms with Gasteiger partial charge in [-0.3, -0.25) is 4.79 Å². The largest absolute Gasteiger partial charge is 0.370 e. The van der Waals surface area contributed by atoms with Gasteiger partial charge < -0.3 is 16.0 Å². The number of carbonyl (C=O) groups excluding carboxylic acids is 1. The third kappa shape index (κ3) is 1.99. The Morgan fingerprint density at radius 2 is 2.06 bits per heavy atom. The summed E-state index contributed by atoms with van der Waals surface area (Å²) in [6.45, 7) is 2.66. The van der Waals surface area contributed by atoms with Crippen molar-refractivity contribution in [1.82, 2.24) is 4.57 Å². The lowest BCUT2D eigenvalue weighted by atomic mass is 10.2. The zero-order valence-electron chi connectivity index (χ0n) is 9.55. The van der Waals surface area contributed by atoms with Crippen molar-refractivity contribution in [2.45, 2.75) is 13.5 Å². The predicted octanol–water partition coefficient (Wildman–Crippen LogP) is 1.07. The summed E-state index contributed by atoms with van der Waals surface area (Å²) in [5.74, 6) is -0.633. The molecule has 0 saturated heterocycles. The van der Waals surface area contributed by atoms with Gasteiger partial charge in [0.2, 0.25) is 0 Å². The number of rotatable bonds is 2. The highest BCUT2D eigenvalue weighted by atomic mass is 16.1. The zero-order valence-corrected chi connectivity index (χ0v) is 9.55. The number of guanidine groups is 1. The molecule has 0 radical (unpaired) electrons. The summed E-state index contributed by atoms with van der Waals surface area (Å²) < 4.78 is 1.89. The standard InChI is InChI=1S/C12H14N4O/c1-2-16-9-6-4-3-5-8(9)7-10(16)11(17)15-12(13)14/h3-7H,2H2,1H3,(H4,13,14,15,17). The molecule has 5 nitrogen and oxygen atoms in total. The van der Waals surface area contributed by atoms with E-state index in [1.54, 1.807) is 6.07 Å². The van der Waals surface area contributed by atoms with Gasteiger partial charge in [-0.1, -0.05) is 18.2 Å². The van der Waals surface area contributed by atoms with Crippen molar-refractivity contribution in [2.24, 2.45) is 16.5 Å². The molecule has 2 aromatic rings. The first-order valence-electron chi connectivity index (χ1n) is 5.35. The number of benzene rings is 1. The summed E-state index contributed by atoms with van der Waals surface area (Å²) in [5, 5.41) is 1.00. The molecule has 1 amide bonds. The first-order valence-corrected chi connectivity index (χ1v) is 5.35. The fourth-order valence-electron chi connectivity index (χ4n) is 1.90. The number of aromatic nitrogens is 1. The first kappa shape index (κ1) is 11.2. The normalized spacial score (nSPS) is 10.4. The van der Waals surface area contributed by atoms with E-state index >= 15 is 0 Å². The van der Waals surface area contributed by atoms with Gasteiger partial charge in [0.1, 0.15) is 5.69 Å². The van der Waals surface area contributed by atoms with E-state index in [9.17, 15) is 4.79 Å². The second kappa shape index (κ2) is 4.29. The third-order valence-electron chi connectivity index (χ3n) is 2.58. The smallest absolute Gasteiger partial charge is 0.296 e. The number of hydrogen-bond acceptors (Lipinski definition) is 1. The van der Waals surface area contributed by atoms with Crippen LogP contribution in [0.1, 0.15) is 17.4 Å². The van der Waals surface area contributed by atoms with E-state index in [1.165, 1.54) is 0 Å². The lowest BCUT2D eigenvalue weighted by Crippen LogP contribution is -2.24. The van der Waals surface area contributed by atoms with Crippen molar-refractivity contribution in [3.8, 4) is 0 Å². The number of nitrogens with two attached hydrogens (primary N) is 2. The topological polar surface area (TPSA) is 86.4 Å². The van der Waals surface area contributed by atoms with Crippen LogP contribution in [0.5, 0.6) is 0 Å². The maximum absolute atomic E-state index is 11.8. The molecule has 88 valence electrons. The SMILES string of the molecule is CCn1c(C(=O)N=C(N)N)cc2ccccc21. The molecule has 0 aliphatic rings. The molecule has 2 rings (SSSR count). The molecular weight excluding hydrogens is 216 g/mol. The number of amides is 1.